The number of anilines is 1. The van der Waals surface area contributed by atoms with E-state index in [0.29, 0.717) is 0 Å². The summed E-state index contributed by atoms with van der Waals surface area (Å²) < 4.78 is 53.7. The summed E-state index contributed by atoms with van der Waals surface area (Å²) in [6, 6.07) is 6.96. The number of carbonyl (C=O) groups is 1. The average Bonchev–Trinajstić information content (AvgIpc) is 2.66. The van der Waals surface area contributed by atoms with Crippen LogP contribution in [0.2, 0.25) is 10.0 Å². The standard InChI is InChI=1S/C18H16Cl2F2N2O3S/c19-12-1-3-14(20)17(9-12)28(26,27)24-7-5-11(6-8-24)18(25)23-16-10-13(21)2-4-15(16)22/h1-4,9-11H,5-8H2,(H,23,25). The smallest absolute Gasteiger partial charge is 0.244 e. The van der Waals surface area contributed by atoms with Gasteiger partial charge in [0, 0.05) is 30.1 Å². The largest absolute Gasteiger partial charge is 0.323 e. The first-order valence-corrected chi connectivity index (χ1v) is 10.6. The quantitative estimate of drug-likeness (QED) is 0.757. The number of nitrogens with zero attached hydrogens (tertiary/aromatic N) is 1. The summed E-state index contributed by atoms with van der Waals surface area (Å²) in [4.78, 5) is 12.3. The number of benzene rings is 2. The highest BCUT2D eigenvalue weighted by Gasteiger charge is 2.33. The fraction of sp³-hybridized carbons (Fsp3) is 0.278. The summed E-state index contributed by atoms with van der Waals surface area (Å²) in [6.07, 6.45) is 0.473. The Morgan fingerprint density at radius 3 is 2.43 bits per heavy atom. The number of nitrogens with one attached hydrogen (secondary N) is 1. The van der Waals surface area contributed by atoms with Crippen LogP contribution in [-0.4, -0.2) is 31.7 Å². The molecule has 0 spiro atoms. The molecule has 0 atom stereocenters. The first kappa shape index (κ1) is 21.0. The molecule has 0 aromatic heterocycles. The first-order chi connectivity index (χ1) is 13.2. The molecule has 1 amide bonds. The molecule has 1 aliphatic rings. The highest BCUT2D eigenvalue weighted by molar-refractivity contribution is 7.89. The molecule has 3 rings (SSSR count). The Kier molecular flexibility index (Phi) is 6.24. The van der Waals surface area contributed by atoms with Crippen LogP contribution in [0.3, 0.4) is 0 Å². The lowest BCUT2D eigenvalue weighted by Crippen LogP contribution is -2.41. The fourth-order valence-electron chi connectivity index (χ4n) is 3.00. The minimum Gasteiger partial charge on any atom is -0.323 e. The van der Waals surface area contributed by atoms with E-state index in [2.05, 4.69) is 5.32 Å². The van der Waals surface area contributed by atoms with Crippen LogP contribution in [-0.2, 0) is 14.8 Å². The van der Waals surface area contributed by atoms with Crippen molar-refractivity contribution in [2.75, 3.05) is 18.4 Å². The molecule has 0 unspecified atom stereocenters. The van der Waals surface area contributed by atoms with E-state index in [0.717, 1.165) is 18.2 Å². The zero-order valence-corrected chi connectivity index (χ0v) is 16.8. The molecule has 5 nitrogen and oxygen atoms in total. The minimum absolute atomic E-state index is 0.0610. The van der Waals surface area contributed by atoms with Crippen molar-refractivity contribution < 1.29 is 22.0 Å². The van der Waals surface area contributed by atoms with Gasteiger partial charge in [-0.3, -0.25) is 4.79 Å². The molecule has 1 aliphatic heterocycles. The van der Waals surface area contributed by atoms with Crippen molar-refractivity contribution in [1.29, 1.82) is 0 Å². The lowest BCUT2D eigenvalue weighted by molar-refractivity contribution is -0.120. The van der Waals surface area contributed by atoms with Gasteiger partial charge in [0.25, 0.3) is 0 Å². The molecule has 28 heavy (non-hydrogen) atoms. The second kappa shape index (κ2) is 8.32. The molecule has 1 heterocycles. The highest BCUT2D eigenvalue weighted by atomic mass is 35.5. The highest BCUT2D eigenvalue weighted by Crippen LogP contribution is 2.30. The van der Waals surface area contributed by atoms with Crippen LogP contribution >= 0.6 is 23.2 Å². The van der Waals surface area contributed by atoms with Crippen LogP contribution < -0.4 is 5.32 Å². The number of hydrogen-bond donors (Lipinski definition) is 1. The van der Waals surface area contributed by atoms with E-state index in [4.69, 9.17) is 23.2 Å². The van der Waals surface area contributed by atoms with E-state index in [-0.39, 0.29) is 46.6 Å². The van der Waals surface area contributed by atoms with Gasteiger partial charge in [-0.25, -0.2) is 17.2 Å². The molecule has 1 fully saturated rings. The molecule has 0 bridgehead atoms. The van der Waals surface area contributed by atoms with Crippen molar-refractivity contribution in [2.24, 2.45) is 5.92 Å². The summed E-state index contributed by atoms with van der Waals surface area (Å²) in [6.45, 7) is 0.184. The van der Waals surface area contributed by atoms with Crippen molar-refractivity contribution in [2.45, 2.75) is 17.7 Å². The van der Waals surface area contributed by atoms with Gasteiger partial charge >= 0.3 is 0 Å². The van der Waals surface area contributed by atoms with E-state index in [9.17, 15) is 22.0 Å². The predicted octanol–water partition coefficient (Wildman–Crippen LogP) is 4.31. The van der Waals surface area contributed by atoms with Gasteiger partial charge in [0.15, 0.2) is 0 Å². The lowest BCUT2D eigenvalue weighted by Gasteiger charge is -2.30. The zero-order chi connectivity index (χ0) is 20.5. The van der Waals surface area contributed by atoms with E-state index < -0.39 is 33.5 Å². The van der Waals surface area contributed by atoms with E-state index in [1.54, 1.807) is 0 Å². The number of carbonyl (C=O) groups excluding carboxylic acids is 1. The number of sulfonamides is 1. The molecule has 10 heteroatoms. The Morgan fingerprint density at radius 2 is 1.75 bits per heavy atom. The predicted molar refractivity (Wildman–Crippen MR) is 103 cm³/mol. The lowest BCUT2D eigenvalue weighted by atomic mass is 9.97. The Bertz CT molecular complexity index is 1010. The first-order valence-electron chi connectivity index (χ1n) is 8.39. The molecule has 0 saturated carbocycles. The van der Waals surface area contributed by atoms with Crippen molar-refractivity contribution in [3.8, 4) is 0 Å². The van der Waals surface area contributed by atoms with Crippen LogP contribution in [0.15, 0.2) is 41.3 Å². The number of halogens is 4. The molecular formula is C18H16Cl2F2N2O3S. The van der Waals surface area contributed by atoms with E-state index >= 15 is 0 Å². The topological polar surface area (TPSA) is 66.5 Å². The molecule has 0 radical (unpaired) electrons. The van der Waals surface area contributed by atoms with Gasteiger partial charge < -0.3 is 5.32 Å². The van der Waals surface area contributed by atoms with Gasteiger partial charge in [0.2, 0.25) is 15.9 Å². The van der Waals surface area contributed by atoms with Gasteiger partial charge in [-0.05, 0) is 43.2 Å². The Morgan fingerprint density at radius 1 is 1.07 bits per heavy atom. The maximum Gasteiger partial charge on any atom is 0.244 e. The van der Waals surface area contributed by atoms with E-state index in [1.165, 1.54) is 22.5 Å². The summed E-state index contributed by atoms with van der Waals surface area (Å²) in [5.41, 5.74) is -0.245. The van der Waals surface area contributed by atoms with Gasteiger partial charge in [-0.2, -0.15) is 4.31 Å². The zero-order valence-electron chi connectivity index (χ0n) is 14.5. The second-order valence-corrected chi connectivity index (χ2v) is 9.12. The number of piperidine rings is 1. The molecule has 2 aromatic rings. The summed E-state index contributed by atoms with van der Waals surface area (Å²) in [5.74, 6) is -2.42. The normalized spacial score (nSPS) is 16.1. The van der Waals surface area contributed by atoms with Gasteiger partial charge in [0.05, 0.1) is 10.7 Å². The van der Waals surface area contributed by atoms with Crippen LogP contribution in [0, 0.1) is 17.6 Å². The Labute approximate surface area is 171 Å². The molecule has 0 aliphatic carbocycles. The third-order valence-electron chi connectivity index (χ3n) is 4.52. The van der Waals surface area contributed by atoms with Crippen LogP contribution in [0.5, 0.6) is 0 Å². The third kappa shape index (κ3) is 4.46. The van der Waals surface area contributed by atoms with Crippen molar-refractivity contribution in [1.82, 2.24) is 4.31 Å². The van der Waals surface area contributed by atoms with E-state index in [1.807, 2.05) is 0 Å². The van der Waals surface area contributed by atoms with Crippen LogP contribution in [0.4, 0.5) is 14.5 Å². The van der Waals surface area contributed by atoms with Gasteiger partial charge in [0.1, 0.15) is 16.5 Å². The number of rotatable bonds is 4. The monoisotopic (exact) mass is 448 g/mol. The molecule has 150 valence electrons. The van der Waals surface area contributed by atoms with Crippen molar-refractivity contribution >= 4 is 44.8 Å². The SMILES string of the molecule is O=C(Nc1cc(F)ccc1F)C1CCN(S(=O)(=O)c2cc(Cl)ccc2Cl)CC1. The Hall–Kier alpha value is -1.74. The molecular weight excluding hydrogens is 433 g/mol. The summed E-state index contributed by atoms with van der Waals surface area (Å²) >= 11 is 11.9. The fourth-order valence-corrected chi connectivity index (χ4v) is 5.21. The molecule has 1 N–H and O–H groups in total. The van der Waals surface area contributed by atoms with Crippen LogP contribution in [0.1, 0.15) is 12.8 Å². The van der Waals surface area contributed by atoms with Gasteiger partial charge in [-0.1, -0.05) is 23.2 Å². The maximum absolute atomic E-state index is 13.7. The molecule has 1 saturated heterocycles. The van der Waals surface area contributed by atoms with Gasteiger partial charge in [-0.15, -0.1) is 0 Å². The Balaban J connectivity index is 1.67. The maximum atomic E-state index is 13.7. The number of amides is 1. The molecule has 2 aromatic carbocycles. The summed E-state index contributed by atoms with van der Waals surface area (Å²) in [5, 5.41) is 2.67. The third-order valence-corrected chi connectivity index (χ3v) is 7.14. The van der Waals surface area contributed by atoms with Crippen molar-refractivity contribution in [3.05, 3.63) is 58.1 Å². The van der Waals surface area contributed by atoms with Crippen LogP contribution in [0.25, 0.3) is 0 Å². The van der Waals surface area contributed by atoms with Crippen molar-refractivity contribution in [3.63, 3.8) is 0 Å². The minimum atomic E-state index is -3.86. The number of hydrogen-bond acceptors (Lipinski definition) is 3. The second-order valence-electron chi connectivity index (χ2n) is 6.37. The summed E-state index contributed by atoms with van der Waals surface area (Å²) in [7, 11) is -3.86. The average molecular weight is 449 g/mol.